The van der Waals surface area contributed by atoms with E-state index in [0.717, 1.165) is 30.6 Å². The van der Waals surface area contributed by atoms with E-state index in [-0.39, 0.29) is 13.3 Å². The van der Waals surface area contributed by atoms with Gasteiger partial charge in [-0.2, -0.15) is 5.48 Å². The van der Waals surface area contributed by atoms with Gasteiger partial charge in [0.2, 0.25) is 0 Å². The molecule has 0 bridgehead atoms. The smallest absolute Gasteiger partial charge is 0.265 e. The van der Waals surface area contributed by atoms with Crippen LogP contribution in [0.15, 0.2) is 47.4 Å². The van der Waals surface area contributed by atoms with Crippen molar-refractivity contribution in [2.75, 3.05) is 24.2 Å². The van der Waals surface area contributed by atoms with Crippen LogP contribution in [0.2, 0.25) is 0 Å². The number of hydrogen-bond donors (Lipinski definition) is 2. The number of nitrogens with one attached hydrogen (secondary N) is 1. The molecule has 0 saturated carbocycles. The van der Waals surface area contributed by atoms with Gasteiger partial charge in [0, 0.05) is 5.56 Å². The first-order valence-corrected chi connectivity index (χ1v) is 10.4. The normalized spacial score (nSPS) is 20.5. The van der Waals surface area contributed by atoms with E-state index in [1.807, 2.05) is 17.6 Å². The summed E-state index contributed by atoms with van der Waals surface area (Å²) in [5.74, 6) is 0.752. The highest BCUT2D eigenvalue weighted by molar-refractivity contribution is 7.93. The van der Waals surface area contributed by atoms with Crippen molar-refractivity contribution in [2.24, 2.45) is 0 Å². The van der Waals surface area contributed by atoms with Crippen molar-refractivity contribution in [1.29, 1.82) is 0 Å². The zero-order valence-corrected chi connectivity index (χ0v) is 15.6. The summed E-state index contributed by atoms with van der Waals surface area (Å²) in [6, 6.07) is 12.1. The lowest BCUT2D eigenvalue weighted by Gasteiger charge is -2.25. The Morgan fingerprint density at radius 1 is 1.22 bits per heavy atom. The van der Waals surface area contributed by atoms with Crippen molar-refractivity contribution >= 4 is 15.7 Å². The van der Waals surface area contributed by atoms with Gasteiger partial charge in [-0.15, -0.1) is 0 Å². The van der Waals surface area contributed by atoms with Crippen molar-refractivity contribution in [3.05, 3.63) is 53.6 Å². The van der Waals surface area contributed by atoms with Crippen molar-refractivity contribution in [1.82, 2.24) is 5.48 Å². The largest absolute Gasteiger partial charge is 0.493 e. The Hall–Kier alpha value is -2.13. The maximum absolute atomic E-state index is 13.4. The molecule has 2 N–H and O–H groups in total. The van der Waals surface area contributed by atoms with Crippen LogP contribution in [0.5, 0.6) is 5.75 Å². The maximum atomic E-state index is 13.4. The van der Waals surface area contributed by atoms with Crippen molar-refractivity contribution in [3.63, 3.8) is 0 Å². The molecule has 0 amide bonds. The predicted octanol–water partition coefficient (Wildman–Crippen LogP) is 2.60. The summed E-state index contributed by atoms with van der Waals surface area (Å²) in [7, 11) is -3.72. The van der Waals surface area contributed by atoms with E-state index < -0.39 is 16.1 Å². The number of hydroxylamine groups is 1. The van der Waals surface area contributed by atoms with Gasteiger partial charge in [0.25, 0.3) is 10.0 Å². The lowest BCUT2D eigenvalue weighted by Crippen LogP contribution is -2.31. The fourth-order valence-corrected chi connectivity index (χ4v) is 5.60. The molecule has 0 saturated heterocycles. The molecule has 144 valence electrons. The Bertz CT molecular complexity index is 917. The molecule has 0 aromatic heterocycles. The van der Waals surface area contributed by atoms with E-state index in [2.05, 4.69) is 0 Å². The minimum absolute atomic E-state index is 0.0873. The standard InChI is InChI=1S/C19H22N2O5S/c22-20-13-25-12-17-16-11-18-14(6-4-5-9-26-18)10-19(16)27(23,24)21(17)15-7-2-1-3-8-15/h1-3,7-8,10-11,17,20,22H,4-6,9,12-13H2. The maximum Gasteiger partial charge on any atom is 0.265 e. The molecule has 0 aliphatic carbocycles. The highest BCUT2D eigenvalue weighted by atomic mass is 32.2. The highest BCUT2D eigenvalue weighted by Gasteiger charge is 2.43. The van der Waals surface area contributed by atoms with Gasteiger partial charge in [-0.1, -0.05) is 18.2 Å². The van der Waals surface area contributed by atoms with Gasteiger partial charge >= 0.3 is 0 Å². The summed E-state index contributed by atoms with van der Waals surface area (Å²) in [6.45, 7) is 0.653. The monoisotopic (exact) mass is 390 g/mol. The van der Waals surface area contributed by atoms with Gasteiger partial charge in [-0.3, -0.25) is 4.31 Å². The second kappa shape index (κ2) is 7.47. The van der Waals surface area contributed by atoms with Crippen molar-refractivity contribution in [3.8, 4) is 5.75 Å². The first-order chi connectivity index (χ1) is 13.1. The van der Waals surface area contributed by atoms with Crippen LogP contribution in [0.1, 0.15) is 30.0 Å². The minimum atomic E-state index is -3.72. The number of aryl methyl sites for hydroxylation is 1. The lowest BCUT2D eigenvalue weighted by molar-refractivity contribution is 0.0186. The number of para-hydroxylation sites is 1. The van der Waals surface area contributed by atoms with Crippen LogP contribution in [0.3, 0.4) is 0 Å². The third-order valence-electron chi connectivity index (χ3n) is 4.92. The second-order valence-electron chi connectivity index (χ2n) is 6.63. The third kappa shape index (κ3) is 3.29. The van der Waals surface area contributed by atoms with E-state index >= 15 is 0 Å². The molecule has 2 heterocycles. The van der Waals surface area contributed by atoms with Crippen LogP contribution in [-0.4, -0.2) is 33.6 Å². The van der Waals surface area contributed by atoms with Crippen LogP contribution in [0.25, 0.3) is 0 Å². The first kappa shape index (κ1) is 18.2. The van der Waals surface area contributed by atoms with Gasteiger partial charge in [-0.25, -0.2) is 8.42 Å². The number of hydrogen-bond acceptors (Lipinski definition) is 6. The molecule has 1 atom stereocenters. The van der Waals surface area contributed by atoms with Crippen LogP contribution in [0.4, 0.5) is 5.69 Å². The van der Waals surface area contributed by atoms with Crippen LogP contribution < -0.4 is 14.5 Å². The number of benzene rings is 2. The van der Waals surface area contributed by atoms with E-state index in [4.69, 9.17) is 14.7 Å². The quantitative estimate of drug-likeness (QED) is 0.464. The van der Waals surface area contributed by atoms with E-state index in [9.17, 15) is 8.42 Å². The van der Waals surface area contributed by atoms with Gasteiger partial charge in [0.05, 0.1) is 29.8 Å². The molecule has 4 rings (SSSR count). The zero-order chi connectivity index (χ0) is 18.9. The summed E-state index contributed by atoms with van der Waals surface area (Å²) in [5.41, 5.74) is 4.11. The summed E-state index contributed by atoms with van der Waals surface area (Å²) in [5, 5.41) is 8.78. The van der Waals surface area contributed by atoms with Crippen molar-refractivity contribution in [2.45, 2.75) is 30.2 Å². The Morgan fingerprint density at radius 3 is 2.81 bits per heavy atom. The molecule has 2 aromatic rings. The van der Waals surface area contributed by atoms with E-state index in [0.29, 0.717) is 22.8 Å². The van der Waals surface area contributed by atoms with Gasteiger partial charge in [0.15, 0.2) is 0 Å². The summed E-state index contributed by atoms with van der Waals surface area (Å²) in [4.78, 5) is 0.307. The predicted molar refractivity (Wildman–Crippen MR) is 99.5 cm³/mol. The average Bonchev–Trinajstić information content (AvgIpc) is 2.82. The van der Waals surface area contributed by atoms with Crippen LogP contribution in [0, 0.1) is 0 Å². The lowest BCUT2D eigenvalue weighted by atomic mass is 10.0. The Labute approximate surface area is 158 Å². The zero-order valence-electron chi connectivity index (χ0n) is 14.8. The highest BCUT2D eigenvalue weighted by Crippen LogP contribution is 2.45. The van der Waals surface area contributed by atoms with E-state index in [1.54, 1.807) is 30.3 Å². The Kier molecular flexibility index (Phi) is 5.05. The average molecular weight is 390 g/mol. The number of sulfonamides is 1. The number of anilines is 1. The molecule has 27 heavy (non-hydrogen) atoms. The fraction of sp³-hybridized carbons (Fsp3) is 0.368. The molecule has 2 aliphatic heterocycles. The molecule has 2 aromatic carbocycles. The molecular weight excluding hydrogens is 368 g/mol. The molecule has 0 spiro atoms. The number of ether oxygens (including phenoxy) is 2. The fourth-order valence-electron chi connectivity index (χ4n) is 3.70. The van der Waals surface area contributed by atoms with E-state index in [1.165, 1.54) is 4.31 Å². The molecular formula is C19H22N2O5S. The number of rotatable bonds is 5. The number of fused-ring (bicyclic) bond motifs is 2. The Balaban J connectivity index is 1.82. The van der Waals surface area contributed by atoms with Gasteiger partial charge in [-0.05, 0) is 49.1 Å². The summed E-state index contributed by atoms with van der Waals surface area (Å²) in [6.07, 6.45) is 2.74. The Morgan fingerprint density at radius 2 is 2.04 bits per heavy atom. The molecule has 7 nitrogen and oxygen atoms in total. The third-order valence-corrected chi connectivity index (χ3v) is 6.82. The topological polar surface area (TPSA) is 88.1 Å². The van der Waals surface area contributed by atoms with Gasteiger partial charge in [0.1, 0.15) is 12.5 Å². The molecule has 2 aliphatic rings. The summed E-state index contributed by atoms with van der Waals surface area (Å²) >= 11 is 0. The molecule has 8 heteroatoms. The molecule has 0 fully saturated rings. The molecule has 1 unspecified atom stereocenters. The summed E-state index contributed by atoms with van der Waals surface area (Å²) < 4.78 is 39.4. The molecule has 0 radical (unpaired) electrons. The van der Waals surface area contributed by atoms with Crippen LogP contribution in [-0.2, 0) is 21.2 Å². The van der Waals surface area contributed by atoms with Crippen LogP contribution >= 0.6 is 0 Å². The second-order valence-corrected chi connectivity index (χ2v) is 8.41. The van der Waals surface area contributed by atoms with Crippen molar-refractivity contribution < 1.29 is 23.1 Å². The SMILES string of the molecule is O=S1(=O)c2cc3c(cc2C(COCNO)N1c1ccccc1)OCCCC3. The van der Waals surface area contributed by atoms with Gasteiger partial charge < -0.3 is 14.7 Å². The first-order valence-electron chi connectivity index (χ1n) is 8.97. The number of nitrogens with zero attached hydrogens (tertiary/aromatic N) is 1. The minimum Gasteiger partial charge on any atom is -0.493 e.